The number of ether oxygens (including phenoxy) is 1. The van der Waals surface area contributed by atoms with Crippen LogP contribution in [0.4, 0.5) is 4.79 Å². The molecule has 3 saturated carbocycles. The summed E-state index contributed by atoms with van der Waals surface area (Å²) in [5, 5.41) is 3.05. The molecule has 0 saturated heterocycles. The fourth-order valence-corrected chi connectivity index (χ4v) is 4.06. The lowest BCUT2D eigenvalue weighted by atomic mass is 9.39. The number of carbonyl (C=O) groups excluding carboxylic acids is 1. The molecule has 2 bridgehead atoms. The molecule has 0 unspecified atom stereocenters. The van der Waals surface area contributed by atoms with Crippen molar-refractivity contribution in [1.82, 2.24) is 10.0 Å². The van der Waals surface area contributed by atoms with E-state index >= 15 is 0 Å². The van der Waals surface area contributed by atoms with E-state index in [2.05, 4.69) is 30.8 Å². The molecule has 4 nitrogen and oxygen atoms in total. The molecule has 0 heterocycles. The van der Waals surface area contributed by atoms with E-state index in [1.165, 1.54) is 0 Å². The van der Waals surface area contributed by atoms with Gasteiger partial charge < -0.3 is 10.1 Å². The van der Waals surface area contributed by atoms with Gasteiger partial charge in [0.2, 0.25) is 0 Å². The molecule has 2 N–H and O–H groups in total. The van der Waals surface area contributed by atoms with Crippen LogP contribution in [0.3, 0.4) is 0 Å². The zero-order chi connectivity index (χ0) is 17.2. The van der Waals surface area contributed by atoms with Gasteiger partial charge in [-0.2, -0.15) is 0 Å². The van der Waals surface area contributed by atoms with Crippen LogP contribution in [0.1, 0.15) is 74.7 Å². The Morgan fingerprint density at radius 2 is 1.59 bits per heavy atom. The van der Waals surface area contributed by atoms with Crippen molar-refractivity contribution in [1.29, 1.82) is 0 Å². The van der Waals surface area contributed by atoms with E-state index in [0.717, 1.165) is 25.8 Å². The topological polar surface area (TPSA) is 50.4 Å². The molecule has 0 aliphatic heterocycles. The van der Waals surface area contributed by atoms with E-state index in [1.807, 2.05) is 34.6 Å². The Bertz CT molecular complexity index is 377. The Hall–Kier alpha value is -0.420. The first-order chi connectivity index (χ1) is 9.93. The number of carbonyl (C=O) groups is 1. The highest BCUT2D eigenvalue weighted by Crippen LogP contribution is 2.67. The first kappa shape index (κ1) is 19.6. The fraction of sp³-hybridized carbons (Fsp3) is 0.941. The van der Waals surface area contributed by atoms with Crippen LogP contribution in [0.2, 0.25) is 0 Å². The summed E-state index contributed by atoms with van der Waals surface area (Å²) in [4.78, 5) is 11.8. The maximum Gasteiger partial charge on any atom is 0.408 e. The molecule has 3 rings (SSSR count). The van der Waals surface area contributed by atoms with E-state index in [4.69, 9.17) is 4.74 Å². The van der Waals surface area contributed by atoms with Gasteiger partial charge in [-0.1, -0.05) is 25.8 Å². The zero-order valence-electron chi connectivity index (χ0n) is 15.6. The number of hydrogen-bond donors (Lipinski definition) is 2. The molecule has 3 fully saturated rings. The SMILES string of the molecule is CC.CC(C)(C)OC(=O)NC12CC(CNSC(C)(C)C)(C1)C2. The van der Waals surface area contributed by atoms with Gasteiger partial charge >= 0.3 is 6.09 Å². The van der Waals surface area contributed by atoms with Crippen molar-refractivity contribution in [2.24, 2.45) is 5.41 Å². The second kappa shape index (κ2) is 6.60. The van der Waals surface area contributed by atoms with Crippen LogP contribution >= 0.6 is 11.9 Å². The average Bonchev–Trinajstić information content (AvgIpc) is 2.22. The van der Waals surface area contributed by atoms with Gasteiger partial charge in [0, 0.05) is 16.8 Å². The molecule has 130 valence electrons. The van der Waals surface area contributed by atoms with Crippen molar-refractivity contribution in [3.05, 3.63) is 0 Å². The van der Waals surface area contributed by atoms with Gasteiger partial charge in [0.15, 0.2) is 0 Å². The molecule has 0 radical (unpaired) electrons. The van der Waals surface area contributed by atoms with Crippen LogP contribution in [0, 0.1) is 5.41 Å². The van der Waals surface area contributed by atoms with Gasteiger partial charge in [0.25, 0.3) is 0 Å². The minimum atomic E-state index is -0.420. The van der Waals surface area contributed by atoms with E-state index in [1.54, 1.807) is 11.9 Å². The smallest absolute Gasteiger partial charge is 0.408 e. The summed E-state index contributed by atoms with van der Waals surface area (Å²) < 4.78 is 9.06. The second-order valence-electron chi connectivity index (χ2n) is 8.47. The summed E-state index contributed by atoms with van der Waals surface area (Å²) in [6.07, 6.45) is 2.97. The third-order valence-corrected chi connectivity index (χ3v) is 4.63. The predicted octanol–water partition coefficient (Wildman–Crippen LogP) is 4.50. The quantitative estimate of drug-likeness (QED) is 0.745. The molecule has 0 aromatic carbocycles. The lowest BCUT2D eigenvalue weighted by Gasteiger charge is -2.70. The van der Waals surface area contributed by atoms with Crippen LogP contribution < -0.4 is 10.0 Å². The van der Waals surface area contributed by atoms with Crippen LogP contribution in [0.15, 0.2) is 0 Å². The summed E-state index contributed by atoms with van der Waals surface area (Å²) in [6, 6.07) is 0. The Labute approximate surface area is 140 Å². The molecular formula is C17H34N2O2S. The van der Waals surface area contributed by atoms with Crippen LogP contribution in [0.25, 0.3) is 0 Å². The van der Waals surface area contributed by atoms with E-state index < -0.39 is 5.60 Å². The maximum absolute atomic E-state index is 11.8. The summed E-state index contributed by atoms with van der Waals surface area (Å²) in [6.45, 7) is 17.3. The number of nitrogens with one attached hydrogen (secondary N) is 2. The minimum absolute atomic E-state index is 0.0242. The van der Waals surface area contributed by atoms with Crippen molar-refractivity contribution >= 4 is 18.0 Å². The Morgan fingerprint density at radius 3 is 2.00 bits per heavy atom. The van der Waals surface area contributed by atoms with Gasteiger partial charge in [0.1, 0.15) is 5.60 Å². The Balaban J connectivity index is 0.00000116. The summed E-state index contributed by atoms with van der Waals surface area (Å²) >= 11 is 1.79. The van der Waals surface area contributed by atoms with Gasteiger partial charge in [0.05, 0.1) is 0 Å². The molecule has 3 aliphatic rings. The maximum atomic E-state index is 11.8. The zero-order valence-corrected chi connectivity index (χ0v) is 16.4. The van der Waals surface area contributed by atoms with Crippen molar-refractivity contribution in [3.63, 3.8) is 0 Å². The lowest BCUT2D eigenvalue weighted by Crippen LogP contribution is -2.76. The highest BCUT2D eigenvalue weighted by Gasteiger charge is 2.68. The normalized spacial score (nSPS) is 29.5. The van der Waals surface area contributed by atoms with Crippen molar-refractivity contribution in [2.45, 2.75) is 90.5 Å². The monoisotopic (exact) mass is 330 g/mol. The summed E-state index contributed by atoms with van der Waals surface area (Å²) in [5.74, 6) is 0. The Kier molecular flexibility index (Phi) is 5.89. The molecule has 3 aliphatic carbocycles. The minimum Gasteiger partial charge on any atom is -0.444 e. The first-order valence-corrected chi connectivity index (χ1v) is 9.17. The molecule has 1 amide bonds. The molecule has 0 aromatic heterocycles. The first-order valence-electron chi connectivity index (χ1n) is 8.35. The molecule has 0 aromatic rings. The summed E-state index contributed by atoms with van der Waals surface area (Å²) in [5.41, 5.74) is 0.0138. The van der Waals surface area contributed by atoms with Gasteiger partial charge in [-0.3, -0.25) is 4.72 Å². The molecule has 22 heavy (non-hydrogen) atoms. The van der Waals surface area contributed by atoms with E-state index in [-0.39, 0.29) is 16.4 Å². The van der Waals surface area contributed by atoms with E-state index in [0.29, 0.717) is 5.41 Å². The average molecular weight is 331 g/mol. The molecule has 0 atom stereocenters. The number of rotatable bonds is 4. The van der Waals surface area contributed by atoms with Gasteiger partial charge in [-0.15, -0.1) is 0 Å². The van der Waals surface area contributed by atoms with Crippen molar-refractivity contribution in [2.75, 3.05) is 6.54 Å². The third-order valence-electron chi connectivity index (χ3n) is 3.73. The molecule has 0 spiro atoms. The van der Waals surface area contributed by atoms with Gasteiger partial charge in [-0.05, 0) is 66.2 Å². The van der Waals surface area contributed by atoms with Crippen molar-refractivity contribution in [3.8, 4) is 0 Å². The Morgan fingerprint density at radius 1 is 1.09 bits per heavy atom. The van der Waals surface area contributed by atoms with E-state index in [9.17, 15) is 4.79 Å². The number of alkyl carbamates (subject to hydrolysis) is 1. The fourth-order valence-electron chi connectivity index (χ4n) is 3.24. The number of amides is 1. The largest absolute Gasteiger partial charge is 0.444 e. The third kappa shape index (κ3) is 5.34. The number of hydrogen-bond acceptors (Lipinski definition) is 4. The van der Waals surface area contributed by atoms with Gasteiger partial charge in [-0.25, -0.2) is 4.79 Å². The highest BCUT2D eigenvalue weighted by molar-refractivity contribution is 7.98. The highest BCUT2D eigenvalue weighted by atomic mass is 32.2. The van der Waals surface area contributed by atoms with Crippen LogP contribution in [-0.4, -0.2) is 28.5 Å². The molecule has 5 heteroatoms. The standard InChI is InChI=1S/C15H28N2O2S.C2H6/c1-12(2,3)19-11(18)17-15-7-14(8-15,9-15)10-16-20-13(4,5)6;1-2/h16H,7-10H2,1-6H3,(H,17,18);1-2H3. The van der Waals surface area contributed by atoms with Crippen LogP contribution in [-0.2, 0) is 4.74 Å². The molecular weight excluding hydrogens is 296 g/mol. The second-order valence-corrected chi connectivity index (χ2v) is 10.2. The summed E-state index contributed by atoms with van der Waals surface area (Å²) in [7, 11) is 0. The predicted molar refractivity (Wildman–Crippen MR) is 95.1 cm³/mol. The van der Waals surface area contributed by atoms with Crippen LogP contribution in [0.5, 0.6) is 0 Å². The van der Waals surface area contributed by atoms with Crippen molar-refractivity contribution < 1.29 is 9.53 Å². The lowest BCUT2D eigenvalue weighted by molar-refractivity contribution is -0.145.